The fourth-order valence-electron chi connectivity index (χ4n) is 3.07. The van der Waals surface area contributed by atoms with Gasteiger partial charge >= 0.3 is 5.97 Å². The van der Waals surface area contributed by atoms with E-state index in [0.717, 1.165) is 16.7 Å². The van der Waals surface area contributed by atoms with Gasteiger partial charge in [-0.25, -0.2) is 4.79 Å². The average molecular weight is 353 g/mol. The molecule has 2 aromatic carbocycles. The van der Waals surface area contributed by atoms with Crippen molar-refractivity contribution < 1.29 is 19.1 Å². The van der Waals surface area contributed by atoms with E-state index in [9.17, 15) is 9.59 Å². The molecule has 3 rings (SSSR count). The van der Waals surface area contributed by atoms with Crippen LogP contribution in [0, 0.1) is 5.92 Å². The Bertz CT molecular complexity index is 736. The molecule has 2 aromatic rings. The molecule has 0 aliphatic carbocycles. The molecule has 2 atom stereocenters. The second kappa shape index (κ2) is 8.63. The summed E-state index contributed by atoms with van der Waals surface area (Å²) in [7, 11) is 1.33. The fourth-order valence-corrected chi connectivity index (χ4v) is 3.07. The van der Waals surface area contributed by atoms with Gasteiger partial charge < -0.3 is 14.8 Å². The zero-order valence-electron chi connectivity index (χ0n) is 14.8. The highest BCUT2D eigenvalue weighted by Gasteiger charge is 2.28. The largest absolute Gasteiger partial charge is 0.467 e. The number of carbonyl (C=O) groups is 2. The van der Waals surface area contributed by atoms with E-state index in [4.69, 9.17) is 9.47 Å². The smallest absolute Gasteiger partial charge is 0.328 e. The van der Waals surface area contributed by atoms with Gasteiger partial charge in [-0.15, -0.1) is 0 Å². The topological polar surface area (TPSA) is 64.6 Å². The van der Waals surface area contributed by atoms with Crippen molar-refractivity contribution in [1.82, 2.24) is 5.32 Å². The van der Waals surface area contributed by atoms with Gasteiger partial charge in [-0.1, -0.05) is 54.6 Å². The fraction of sp³-hybridized carbons (Fsp3) is 0.333. The lowest BCUT2D eigenvalue weighted by Crippen LogP contribution is -2.45. The third-order valence-corrected chi connectivity index (χ3v) is 4.60. The monoisotopic (exact) mass is 353 g/mol. The molecule has 1 amide bonds. The lowest BCUT2D eigenvalue weighted by atomic mass is 10.00. The van der Waals surface area contributed by atoms with Crippen LogP contribution in [0.4, 0.5) is 0 Å². The van der Waals surface area contributed by atoms with Crippen molar-refractivity contribution in [1.29, 1.82) is 0 Å². The Labute approximate surface area is 153 Å². The van der Waals surface area contributed by atoms with Gasteiger partial charge in [0.05, 0.1) is 19.6 Å². The molecule has 1 saturated heterocycles. The molecule has 1 heterocycles. The standard InChI is InChI=1S/C21H23NO4/c1-25-21(24)19(22-20(23)18-11-12-26-14-18)13-15-7-9-17(10-8-15)16-5-3-2-4-6-16/h2-10,18-19H,11-14H2,1H3,(H,22,23)/t18-,19-/m0/s1. The van der Waals surface area contributed by atoms with E-state index in [1.807, 2.05) is 42.5 Å². The van der Waals surface area contributed by atoms with E-state index in [2.05, 4.69) is 17.4 Å². The minimum Gasteiger partial charge on any atom is -0.467 e. The Morgan fingerprint density at radius 1 is 1.12 bits per heavy atom. The summed E-state index contributed by atoms with van der Waals surface area (Å²) in [5.41, 5.74) is 3.21. The molecular weight excluding hydrogens is 330 g/mol. The minimum atomic E-state index is -0.698. The van der Waals surface area contributed by atoms with Crippen LogP contribution in [0.5, 0.6) is 0 Å². The van der Waals surface area contributed by atoms with Crippen LogP contribution in [0.3, 0.4) is 0 Å². The first-order valence-corrected chi connectivity index (χ1v) is 8.77. The van der Waals surface area contributed by atoms with E-state index in [1.54, 1.807) is 0 Å². The Morgan fingerprint density at radius 2 is 1.81 bits per heavy atom. The molecule has 1 N–H and O–H groups in total. The van der Waals surface area contributed by atoms with Crippen molar-refractivity contribution in [2.24, 2.45) is 5.92 Å². The van der Waals surface area contributed by atoms with Crippen LogP contribution in [0.25, 0.3) is 11.1 Å². The summed E-state index contributed by atoms with van der Waals surface area (Å²) in [5, 5.41) is 2.81. The maximum atomic E-state index is 12.3. The third kappa shape index (κ3) is 4.49. The maximum absolute atomic E-state index is 12.3. The van der Waals surface area contributed by atoms with Crippen molar-refractivity contribution in [3.8, 4) is 11.1 Å². The quantitative estimate of drug-likeness (QED) is 0.811. The summed E-state index contributed by atoms with van der Waals surface area (Å²) < 4.78 is 10.1. The van der Waals surface area contributed by atoms with E-state index in [-0.39, 0.29) is 11.8 Å². The Balaban J connectivity index is 1.68. The van der Waals surface area contributed by atoms with Crippen molar-refractivity contribution in [3.05, 3.63) is 60.2 Å². The first kappa shape index (κ1) is 18.1. The van der Waals surface area contributed by atoms with Crippen molar-refractivity contribution >= 4 is 11.9 Å². The number of benzene rings is 2. The van der Waals surface area contributed by atoms with Crippen molar-refractivity contribution in [2.75, 3.05) is 20.3 Å². The highest BCUT2D eigenvalue weighted by atomic mass is 16.5. The number of nitrogens with one attached hydrogen (secondary N) is 1. The van der Waals surface area contributed by atoms with Gasteiger partial charge in [0.2, 0.25) is 5.91 Å². The summed E-state index contributed by atoms with van der Waals surface area (Å²) >= 11 is 0. The van der Waals surface area contributed by atoms with Gasteiger partial charge in [0.25, 0.3) is 0 Å². The minimum absolute atomic E-state index is 0.154. The molecule has 0 radical (unpaired) electrons. The van der Waals surface area contributed by atoms with Crippen molar-refractivity contribution in [3.63, 3.8) is 0 Å². The Morgan fingerprint density at radius 3 is 2.42 bits per heavy atom. The number of hydrogen-bond acceptors (Lipinski definition) is 4. The van der Waals surface area contributed by atoms with Gasteiger partial charge in [0.15, 0.2) is 0 Å². The van der Waals surface area contributed by atoms with Crippen LogP contribution >= 0.6 is 0 Å². The number of carbonyl (C=O) groups excluding carboxylic acids is 2. The highest BCUT2D eigenvalue weighted by Crippen LogP contribution is 2.20. The van der Waals surface area contributed by atoms with Gasteiger partial charge in [-0.05, 0) is 23.1 Å². The van der Waals surface area contributed by atoms with Gasteiger partial charge in [-0.2, -0.15) is 0 Å². The number of rotatable bonds is 6. The number of ether oxygens (including phenoxy) is 2. The molecule has 1 aliphatic rings. The molecule has 5 heteroatoms. The zero-order valence-corrected chi connectivity index (χ0v) is 14.8. The molecule has 0 unspecified atom stereocenters. The van der Waals surface area contributed by atoms with Gasteiger partial charge in [0, 0.05) is 13.0 Å². The molecule has 26 heavy (non-hydrogen) atoms. The molecule has 0 saturated carbocycles. The number of hydrogen-bond donors (Lipinski definition) is 1. The van der Waals surface area contributed by atoms with E-state index < -0.39 is 12.0 Å². The first-order valence-electron chi connectivity index (χ1n) is 8.77. The highest BCUT2D eigenvalue weighted by molar-refractivity contribution is 5.86. The predicted molar refractivity (Wildman–Crippen MR) is 98.5 cm³/mol. The molecule has 5 nitrogen and oxygen atoms in total. The van der Waals surface area contributed by atoms with Gasteiger partial charge in [-0.3, -0.25) is 4.79 Å². The van der Waals surface area contributed by atoms with Crippen LogP contribution in [0.2, 0.25) is 0 Å². The lowest BCUT2D eigenvalue weighted by Gasteiger charge is -2.18. The Hall–Kier alpha value is -2.66. The summed E-state index contributed by atoms with van der Waals surface area (Å²) in [6.45, 7) is 0.993. The van der Waals surface area contributed by atoms with E-state index >= 15 is 0 Å². The van der Waals surface area contributed by atoms with Gasteiger partial charge in [0.1, 0.15) is 6.04 Å². The summed E-state index contributed by atoms with van der Waals surface area (Å²) in [4.78, 5) is 24.4. The first-order chi connectivity index (χ1) is 12.7. The molecule has 136 valence electrons. The summed E-state index contributed by atoms with van der Waals surface area (Å²) in [6, 6.07) is 17.4. The van der Waals surface area contributed by atoms with Crippen LogP contribution < -0.4 is 5.32 Å². The summed E-state index contributed by atoms with van der Waals surface area (Å²) in [6.07, 6.45) is 1.08. The summed E-state index contributed by atoms with van der Waals surface area (Å²) in [5.74, 6) is -0.786. The molecular formula is C21H23NO4. The molecule has 0 spiro atoms. The molecule has 0 aromatic heterocycles. The second-order valence-corrected chi connectivity index (χ2v) is 6.41. The normalized spacial score (nSPS) is 17.5. The number of amides is 1. The van der Waals surface area contributed by atoms with Crippen molar-refractivity contribution in [2.45, 2.75) is 18.9 Å². The maximum Gasteiger partial charge on any atom is 0.328 e. The zero-order chi connectivity index (χ0) is 18.4. The lowest BCUT2D eigenvalue weighted by molar-refractivity contribution is -0.145. The molecule has 1 fully saturated rings. The third-order valence-electron chi connectivity index (χ3n) is 4.60. The van der Waals surface area contributed by atoms with E-state index in [1.165, 1.54) is 7.11 Å². The van der Waals surface area contributed by atoms with Crippen LogP contribution in [-0.4, -0.2) is 38.2 Å². The molecule has 0 bridgehead atoms. The predicted octanol–water partition coefficient (Wildman–Crippen LogP) is 2.59. The van der Waals surface area contributed by atoms with Crippen LogP contribution in [-0.2, 0) is 25.5 Å². The number of esters is 1. The molecule has 1 aliphatic heterocycles. The van der Waals surface area contributed by atoms with Crippen LogP contribution in [0.1, 0.15) is 12.0 Å². The average Bonchev–Trinajstić information content (AvgIpc) is 3.23. The van der Waals surface area contributed by atoms with Crippen LogP contribution in [0.15, 0.2) is 54.6 Å². The SMILES string of the molecule is COC(=O)[C@H](Cc1ccc(-c2ccccc2)cc1)NC(=O)[C@H]1CCOC1. The second-order valence-electron chi connectivity index (χ2n) is 6.41. The van der Waals surface area contributed by atoms with E-state index in [0.29, 0.717) is 26.1 Å². The number of methoxy groups -OCH3 is 1. The Kier molecular flexibility index (Phi) is 6.02.